The molecule has 0 aliphatic carbocycles. The van der Waals surface area contributed by atoms with E-state index in [1.54, 1.807) is 0 Å². The van der Waals surface area contributed by atoms with Gasteiger partial charge >= 0.3 is 0 Å². The van der Waals surface area contributed by atoms with Gasteiger partial charge in [0.15, 0.2) is 5.82 Å². The van der Waals surface area contributed by atoms with Crippen molar-refractivity contribution in [3.8, 4) is 0 Å². The third-order valence-electron chi connectivity index (χ3n) is 5.90. The van der Waals surface area contributed by atoms with Crippen molar-refractivity contribution in [1.29, 1.82) is 0 Å². The van der Waals surface area contributed by atoms with Crippen LogP contribution in [0.1, 0.15) is 50.4 Å². The molecule has 0 spiro atoms. The maximum Gasteiger partial charge on any atom is 0.238 e. The Morgan fingerprint density at radius 3 is 2.66 bits per heavy atom. The number of nitrogens with zero attached hydrogens (tertiary/aromatic N) is 6. The van der Waals surface area contributed by atoms with Crippen molar-refractivity contribution in [2.75, 3.05) is 12.0 Å². The molecule has 4 rings (SSSR count). The summed E-state index contributed by atoms with van der Waals surface area (Å²) in [7, 11) is 0. The summed E-state index contributed by atoms with van der Waals surface area (Å²) in [6.07, 6.45) is 4.62. The Morgan fingerprint density at radius 2 is 1.86 bits per heavy atom. The van der Waals surface area contributed by atoms with Gasteiger partial charge < -0.3 is 4.57 Å². The van der Waals surface area contributed by atoms with Crippen LogP contribution >= 0.6 is 0 Å². The van der Waals surface area contributed by atoms with Crippen LogP contribution in [-0.2, 0) is 17.8 Å². The lowest BCUT2D eigenvalue weighted by Crippen LogP contribution is -2.29. The number of carbonyl (C=O) groups excluding carboxylic acids is 1. The molecule has 2 N–H and O–H groups in total. The number of imidazole rings is 1. The fourth-order valence-electron chi connectivity index (χ4n) is 4.14. The number of hydrazine groups is 1. The normalized spacial score (nSPS) is 10.9. The second-order valence-corrected chi connectivity index (χ2v) is 8.46. The molecule has 1 amide bonds. The summed E-state index contributed by atoms with van der Waals surface area (Å²) < 4.78 is 2.28. The van der Waals surface area contributed by atoms with Crippen LogP contribution in [0.4, 0.5) is 5.82 Å². The molecule has 0 unspecified atom stereocenters. The van der Waals surface area contributed by atoms with Gasteiger partial charge in [0.05, 0.1) is 11.0 Å². The summed E-state index contributed by atoms with van der Waals surface area (Å²) in [4.78, 5) is 24.9. The van der Waals surface area contributed by atoms with E-state index in [2.05, 4.69) is 62.7 Å². The Hall–Kier alpha value is -4.10. The summed E-state index contributed by atoms with van der Waals surface area (Å²) in [6.45, 7) is 3.28. The lowest BCUT2D eigenvalue weighted by atomic mass is 10.1. The quantitative estimate of drug-likeness (QED) is 0.0880. The summed E-state index contributed by atoms with van der Waals surface area (Å²) in [6, 6.07) is 18.4. The molecule has 180 valence electrons. The number of unbranched alkanes of at least 4 members (excludes halogenated alkanes) is 2. The maximum atomic E-state index is 12.4. The Morgan fingerprint density at radius 1 is 1.06 bits per heavy atom. The molecule has 9 nitrogen and oxygen atoms in total. The van der Waals surface area contributed by atoms with Crippen LogP contribution in [0.25, 0.3) is 32.4 Å². The van der Waals surface area contributed by atoms with E-state index in [-0.39, 0.29) is 5.91 Å². The third-order valence-corrected chi connectivity index (χ3v) is 5.90. The van der Waals surface area contributed by atoms with Gasteiger partial charge in [-0.15, -0.1) is 0 Å². The minimum atomic E-state index is -0.149. The van der Waals surface area contributed by atoms with Crippen molar-refractivity contribution in [2.45, 2.75) is 52.0 Å². The molecule has 0 aliphatic rings. The topological polar surface area (TPSA) is 121 Å². The average Bonchev–Trinajstić information content (AvgIpc) is 3.25. The van der Waals surface area contributed by atoms with Gasteiger partial charge in [-0.2, -0.15) is 0 Å². The maximum absolute atomic E-state index is 12.4. The Labute approximate surface area is 204 Å². The molecule has 9 heteroatoms. The number of para-hydroxylation sites is 1. The number of pyridine rings is 1. The van der Waals surface area contributed by atoms with Crippen LogP contribution in [0.15, 0.2) is 59.7 Å². The van der Waals surface area contributed by atoms with Gasteiger partial charge in [0, 0.05) is 36.2 Å². The van der Waals surface area contributed by atoms with Crippen molar-refractivity contribution in [1.82, 2.24) is 20.0 Å². The molecule has 0 atom stereocenters. The second-order valence-electron chi connectivity index (χ2n) is 8.46. The summed E-state index contributed by atoms with van der Waals surface area (Å²) >= 11 is 0. The third kappa shape index (κ3) is 5.88. The molecule has 2 aromatic heterocycles. The zero-order valence-electron chi connectivity index (χ0n) is 19.9. The summed E-state index contributed by atoms with van der Waals surface area (Å²) in [5, 5.41) is 4.53. The number of benzene rings is 2. The fraction of sp³-hybridized carbons (Fsp3) is 0.346. The number of hydrogen-bond donors (Lipinski definition) is 2. The lowest BCUT2D eigenvalue weighted by molar-refractivity contribution is -0.120. The number of fused-ring (bicyclic) bond motifs is 3. The molecule has 0 aliphatic heterocycles. The number of rotatable bonds is 12. The first kappa shape index (κ1) is 24.0. The van der Waals surface area contributed by atoms with E-state index in [9.17, 15) is 4.79 Å². The van der Waals surface area contributed by atoms with Crippen LogP contribution < -0.4 is 10.9 Å². The van der Waals surface area contributed by atoms with Gasteiger partial charge in [-0.1, -0.05) is 67.0 Å². The van der Waals surface area contributed by atoms with Crippen LogP contribution in [-0.4, -0.2) is 27.0 Å². The molecule has 4 aromatic rings. The molecule has 0 bridgehead atoms. The highest BCUT2D eigenvalue weighted by molar-refractivity contribution is 6.07. The largest absolute Gasteiger partial charge is 0.323 e. The molecule has 0 saturated heterocycles. The predicted molar refractivity (Wildman–Crippen MR) is 139 cm³/mol. The molecule has 0 fully saturated rings. The first-order valence-corrected chi connectivity index (χ1v) is 12.1. The number of amides is 1. The van der Waals surface area contributed by atoms with Crippen LogP contribution in [0, 0.1) is 0 Å². The molecule has 35 heavy (non-hydrogen) atoms. The number of azide groups is 1. The number of nitrogens with one attached hydrogen (secondary N) is 2. The van der Waals surface area contributed by atoms with E-state index >= 15 is 0 Å². The van der Waals surface area contributed by atoms with Crippen molar-refractivity contribution in [3.05, 3.63) is 76.4 Å². The van der Waals surface area contributed by atoms with E-state index in [0.29, 0.717) is 38.2 Å². The number of carbonyl (C=O) groups is 1. The zero-order valence-corrected chi connectivity index (χ0v) is 19.9. The van der Waals surface area contributed by atoms with Gasteiger partial charge in [-0.3, -0.25) is 15.6 Å². The van der Waals surface area contributed by atoms with Crippen molar-refractivity contribution in [2.24, 2.45) is 5.11 Å². The van der Waals surface area contributed by atoms with E-state index in [4.69, 9.17) is 15.5 Å². The average molecular weight is 471 g/mol. The predicted octanol–water partition coefficient (Wildman–Crippen LogP) is 5.90. The van der Waals surface area contributed by atoms with Gasteiger partial charge in [-0.25, -0.2) is 9.97 Å². The Bertz CT molecular complexity index is 1340. The lowest BCUT2D eigenvalue weighted by Gasteiger charge is -2.13. The zero-order chi connectivity index (χ0) is 24.5. The minimum absolute atomic E-state index is 0.149. The number of aryl methyl sites for hydroxylation is 1. The van der Waals surface area contributed by atoms with E-state index < -0.39 is 0 Å². The summed E-state index contributed by atoms with van der Waals surface area (Å²) in [5.74, 6) is 1.39. The Kier molecular flexibility index (Phi) is 8.14. The van der Waals surface area contributed by atoms with Crippen LogP contribution in [0.3, 0.4) is 0 Å². The standard InChI is InChI=1S/C26H30N8O/c1-2-3-15-22-30-24-25(34(22)18-19-11-5-4-6-12-19)20-13-7-8-14-21(20)29-26(24)32-31-23(35)16-9-10-17-28-33-27/h4-8,11-14H,2-3,9-10,15-18H2,1H3,(H,29,32)(H,31,35). The van der Waals surface area contributed by atoms with Gasteiger partial charge in [0.1, 0.15) is 11.3 Å². The fourth-order valence-corrected chi connectivity index (χ4v) is 4.14. The van der Waals surface area contributed by atoms with Gasteiger partial charge in [-0.05, 0) is 36.4 Å². The SMILES string of the molecule is CCCCc1nc2c(NNC(=O)CCCCN=[N+]=[N-])nc3ccccc3c2n1Cc1ccccc1. The molecular weight excluding hydrogens is 440 g/mol. The number of aromatic nitrogens is 3. The highest BCUT2D eigenvalue weighted by Gasteiger charge is 2.19. The van der Waals surface area contributed by atoms with Gasteiger partial charge in [0.2, 0.25) is 5.91 Å². The van der Waals surface area contributed by atoms with Crippen LogP contribution in [0.2, 0.25) is 0 Å². The van der Waals surface area contributed by atoms with Crippen molar-refractivity contribution < 1.29 is 4.79 Å². The molecule has 2 heterocycles. The van der Waals surface area contributed by atoms with Crippen molar-refractivity contribution >= 4 is 33.7 Å². The first-order chi connectivity index (χ1) is 17.2. The molecular formula is C26H30N8O. The van der Waals surface area contributed by atoms with E-state index in [1.165, 1.54) is 5.56 Å². The highest BCUT2D eigenvalue weighted by atomic mass is 16.2. The van der Waals surface area contributed by atoms with Crippen molar-refractivity contribution in [3.63, 3.8) is 0 Å². The molecule has 0 saturated carbocycles. The minimum Gasteiger partial charge on any atom is -0.323 e. The monoisotopic (exact) mass is 470 g/mol. The molecule has 2 aromatic carbocycles. The second kappa shape index (κ2) is 11.9. The van der Waals surface area contributed by atoms with E-state index in [0.717, 1.165) is 47.0 Å². The smallest absolute Gasteiger partial charge is 0.238 e. The number of anilines is 1. The highest BCUT2D eigenvalue weighted by Crippen LogP contribution is 2.31. The van der Waals surface area contributed by atoms with Gasteiger partial charge in [0.25, 0.3) is 0 Å². The van der Waals surface area contributed by atoms with E-state index in [1.807, 2.05) is 24.3 Å². The number of hydrogen-bond acceptors (Lipinski definition) is 5. The first-order valence-electron chi connectivity index (χ1n) is 12.1. The van der Waals surface area contributed by atoms with Crippen LogP contribution in [0.5, 0.6) is 0 Å². The summed E-state index contributed by atoms with van der Waals surface area (Å²) in [5.41, 5.74) is 17.9. The Balaban J connectivity index is 1.68. The molecule has 0 radical (unpaired) electrons.